The lowest BCUT2D eigenvalue weighted by atomic mass is 10.2. The van der Waals surface area contributed by atoms with Crippen LogP contribution in [0.3, 0.4) is 0 Å². The van der Waals surface area contributed by atoms with Crippen molar-refractivity contribution in [1.82, 2.24) is 4.98 Å². The van der Waals surface area contributed by atoms with Crippen LogP contribution < -0.4 is 4.74 Å². The van der Waals surface area contributed by atoms with Crippen LogP contribution in [0.1, 0.15) is 11.1 Å². The second kappa shape index (κ2) is 6.88. The van der Waals surface area contributed by atoms with Gasteiger partial charge in [0.1, 0.15) is 17.9 Å². The lowest BCUT2D eigenvalue weighted by Crippen LogP contribution is -1.97. The summed E-state index contributed by atoms with van der Waals surface area (Å²) < 4.78 is 13.1. The molecule has 4 aromatic rings. The fraction of sp³-hybridized carbons (Fsp3) is 0.0952. The summed E-state index contributed by atoms with van der Waals surface area (Å²) in [5.41, 5.74) is 4.81. The lowest BCUT2D eigenvalue weighted by Gasteiger charge is -2.10. The average molecular weight is 441 g/mol. The fourth-order valence-electron chi connectivity index (χ4n) is 2.68. The van der Waals surface area contributed by atoms with Gasteiger partial charge in [-0.05, 0) is 71.0 Å². The van der Waals surface area contributed by atoms with E-state index in [1.807, 2.05) is 61.5 Å². The number of aryl methyl sites for hydroxylation is 1. The minimum atomic E-state index is 0.508. The van der Waals surface area contributed by atoms with E-state index in [1.165, 1.54) is 0 Å². The largest absolute Gasteiger partial charge is 0.488 e. The van der Waals surface area contributed by atoms with Crippen molar-refractivity contribution in [3.8, 4) is 17.2 Å². The smallest absolute Gasteiger partial charge is 0.231 e. The van der Waals surface area contributed by atoms with Crippen LogP contribution in [0.15, 0.2) is 71.1 Å². The molecule has 3 nitrogen and oxygen atoms in total. The molecule has 0 unspecified atom stereocenters. The first kappa shape index (κ1) is 16.1. The molecule has 0 fully saturated rings. The van der Waals surface area contributed by atoms with Crippen molar-refractivity contribution in [1.29, 1.82) is 0 Å². The molecule has 0 bridgehead atoms. The molecule has 25 heavy (non-hydrogen) atoms. The molecule has 124 valence electrons. The van der Waals surface area contributed by atoms with Gasteiger partial charge in [-0.15, -0.1) is 0 Å². The van der Waals surface area contributed by atoms with E-state index < -0.39 is 0 Å². The standard InChI is InChI=1S/C21H16INO2/c1-14-7-9-20-18(11-14)23-21(25-20)17-12-16(22)8-10-19(17)24-13-15-5-3-2-4-6-15/h2-12H,13H2,1H3. The van der Waals surface area contributed by atoms with Gasteiger partial charge in [0.2, 0.25) is 5.89 Å². The molecule has 4 heteroatoms. The zero-order valence-electron chi connectivity index (χ0n) is 13.7. The van der Waals surface area contributed by atoms with E-state index in [0.29, 0.717) is 12.5 Å². The average Bonchev–Trinajstić information content (AvgIpc) is 3.04. The Balaban J connectivity index is 1.71. The molecule has 0 aliphatic carbocycles. The molecule has 0 aliphatic heterocycles. The Morgan fingerprint density at radius 1 is 1.00 bits per heavy atom. The first-order chi connectivity index (χ1) is 12.2. The van der Waals surface area contributed by atoms with Crippen LogP contribution >= 0.6 is 22.6 Å². The molecule has 0 radical (unpaired) electrons. The van der Waals surface area contributed by atoms with Crippen LogP contribution in [0.2, 0.25) is 0 Å². The van der Waals surface area contributed by atoms with Crippen molar-refractivity contribution in [3.05, 3.63) is 81.4 Å². The molecule has 0 saturated heterocycles. The second-order valence-corrected chi connectivity index (χ2v) is 7.15. The zero-order chi connectivity index (χ0) is 17.2. The van der Waals surface area contributed by atoms with Crippen molar-refractivity contribution < 1.29 is 9.15 Å². The third-order valence-corrected chi connectivity index (χ3v) is 4.62. The van der Waals surface area contributed by atoms with Gasteiger partial charge in [0, 0.05) is 3.57 Å². The molecule has 0 aliphatic rings. The highest BCUT2D eigenvalue weighted by Gasteiger charge is 2.14. The Morgan fingerprint density at radius 3 is 2.68 bits per heavy atom. The summed E-state index contributed by atoms with van der Waals surface area (Å²) >= 11 is 2.29. The van der Waals surface area contributed by atoms with Gasteiger partial charge in [0.05, 0.1) is 5.56 Å². The predicted molar refractivity (Wildman–Crippen MR) is 108 cm³/mol. The Hall–Kier alpha value is -2.34. The molecule has 0 atom stereocenters. The summed E-state index contributed by atoms with van der Waals surface area (Å²) in [7, 11) is 0. The van der Waals surface area contributed by atoms with Gasteiger partial charge in [-0.2, -0.15) is 0 Å². The highest BCUT2D eigenvalue weighted by molar-refractivity contribution is 14.1. The van der Waals surface area contributed by atoms with Crippen LogP contribution in [0.4, 0.5) is 0 Å². The van der Waals surface area contributed by atoms with E-state index in [0.717, 1.165) is 37.1 Å². The van der Waals surface area contributed by atoms with Crippen molar-refractivity contribution in [2.24, 2.45) is 0 Å². The molecule has 0 N–H and O–H groups in total. The first-order valence-corrected chi connectivity index (χ1v) is 9.11. The number of ether oxygens (including phenoxy) is 1. The molecule has 0 spiro atoms. The number of halogens is 1. The Bertz CT molecular complexity index is 1020. The Morgan fingerprint density at radius 2 is 1.84 bits per heavy atom. The maximum atomic E-state index is 6.05. The summed E-state index contributed by atoms with van der Waals surface area (Å²) in [5, 5.41) is 0. The van der Waals surface area contributed by atoms with Crippen molar-refractivity contribution in [2.75, 3.05) is 0 Å². The first-order valence-electron chi connectivity index (χ1n) is 8.03. The number of hydrogen-bond donors (Lipinski definition) is 0. The molecular formula is C21H16INO2. The number of rotatable bonds is 4. The van der Waals surface area contributed by atoms with Gasteiger partial charge in [0.25, 0.3) is 0 Å². The van der Waals surface area contributed by atoms with E-state index in [9.17, 15) is 0 Å². The molecule has 0 saturated carbocycles. The SMILES string of the molecule is Cc1ccc2oc(-c3cc(I)ccc3OCc3ccccc3)nc2c1. The van der Waals surface area contributed by atoms with Crippen LogP contribution in [-0.4, -0.2) is 4.98 Å². The van der Waals surface area contributed by atoms with Crippen LogP contribution in [-0.2, 0) is 6.61 Å². The van der Waals surface area contributed by atoms with E-state index >= 15 is 0 Å². The Labute approximate surface area is 159 Å². The number of aromatic nitrogens is 1. The lowest BCUT2D eigenvalue weighted by molar-refractivity contribution is 0.306. The topological polar surface area (TPSA) is 35.3 Å². The summed E-state index contributed by atoms with van der Waals surface area (Å²) in [5.74, 6) is 1.36. The van der Waals surface area contributed by atoms with Crippen LogP contribution in [0.5, 0.6) is 5.75 Å². The van der Waals surface area contributed by atoms with E-state index in [1.54, 1.807) is 0 Å². The van der Waals surface area contributed by atoms with Crippen molar-refractivity contribution in [3.63, 3.8) is 0 Å². The highest BCUT2D eigenvalue weighted by Crippen LogP contribution is 2.33. The van der Waals surface area contributed by atoms with Gasteiger partial charge < -0.3 is 9.15 Å². The Kier molecular flexibility index (Phi) is 4.44. The molecular weight excluding hydrogens is 425 g/mol. The number of nitrogens with zero attached hydrogens (tertiary/aromatic N) is 1. The van der Waals surface area contributed by atoms with Gasteiger partial charge in [-0.1, -0.05) is 36.4 Å². The number of fused-ring (bicyclic) bond motifs is 1. The van der Waals surface area contributed by atoms with Crippen molar-refractivity contribution in [2.45, 2.75) is 13.5 Å². The van der Waals surface area contributed by atoms with Crippen LogP contribution in [0, 0.1) is 10.5 Å². The minimum Gasteiger partial charge on any atom is -0.488 e. The molecule has 1 aromatic heterocycles. The summed E-state index contributed by atoms with van der Waals surface area (Å²) in [4.78, 5) is 4.65. The van der Waals surface area contributed by atoms with E-state index in [4.69, 9.17) is 9.15 Å². The summed E-state index contributed by atoms with van der Waals surface area (Å²) in [6, 6.07) is 22.2. The maximum Gasteiger partial charge on any atom is 0.231 e. The highest BCUT2D eigenvalue weighted by atomic mass is 127. The van der Waals surface area contributed by atoms with Crippen LogP contribution in [0.25, 0.3) is 22.6 Å². The van der Waals surface area contributed by atoms with E-state index in [2.05, 4.69) is 39.7 Å². The predicted octanol–water partition coefficient (Wildman–Crippen LogP) is 5.99. The second-order valence-electron chi connectivity index (χ2n) is 5.90. The number of oxazole rings is 1. The van der Waals surface area contributed by atoms with E-state index in [-0.39, 0.29) is 0 Å². The van der Waals surface area contributed by atoms with Gasteiger partial charge in [-0.3, -0.25) is 0 Å². The molecule has 0 amide bonds. The summed E-state index contributed by atoms with van der Waals surface area (Å²) in [6.45, 7) is 2.56. The zero-order valence-corrected chi connectivity index (χ0v) is 15.9. The monoisotopic (exact) mass is 441 g/mol. The molecule has 1 heterocycles. The summed E-state index contributed by atoms with van der Waals surface area (Å²) in [6.07, 6.45) is 0. The van der Waals surface area contributed by atoms with Gasteiger partial charge >= 0.3 is 0 Å². The quantitative estimate of drug-likeness (QED) is 0.365. The third kappa shape index (κ3) is 3.54. The van der Waals surface area contributed by atoms with Gasteiger partial charge in [0.15, 0.2) is 5.58 Å². The minimum absolute atomic E-state index is 0.508. The third-order valence-electron chi connectivity index (χ3n) is 3.95. The maximum absolute atomic E-state index is 6.05. The number of hydrogen-bond acceptors (Lipinski definition) is 3. The normalized spacial score (nSPS) is 11.0. The fourth-order valence-corrected chi connectivity index (χ4v) is 3.17. The van der Waals surface area contributed by atoms with Gasteiger partial charge in [-0.25, -0.2) is 4.98 Å². The molecule has 4 rings (SSSR count). The molecule has 3 aromatic carbocycles. The number of benzene rings is 3. The van der Waals surface area contributed by atoms with Crippen molar-refractivity contribution >= 4 is 33.7 Å².